The largest absolute Gasteiger partial charge is 0.334 e. The van der Waals surface area contributed by atoms with E-state index in [0.29, 0.717) is 29.8 Å². The summed E-state index contributed by atoms with van der Waals surface area (Å²) in [6, 6.07) is 14.5. The minimum Gasteiger partial charge on any atom is -0.334 e. The summed E-state index contributed by atoms with van der Waals surface area (Å²) in [6.07, 6.45) is 0. The molecule has 0 spiro atoms. The molecule has 30 heavy (non-hydrogen) atoms. The number of aromatic nitrogens is 4. The molecule has 1 N–H and O–H groups in total. The van der Waals surface area contributed by atoms with Crippen molar-refractivity contribution in [2.24, 2.45) is 0 Å². The van der Waals surface area contributed by atoms with E-state index in [-0.39, 0.29) is 30.2 Å². The number of imidazole rings is 1. The van der Waals surface area contributed by atoms with E-state index in [0.717, 1.165) is 11.0 Å². The number of carbonyl (C=O) groups excluding carboxylic acids is 1. The first-order valence-corrected chi connectivity index (χ1v) is 9.97. The Balaban J connectivity index is 1.63. The summed E-state index contributed by atoms with van der Waals surface area (Å²) in [5.41, 5.74) is 1.68. The molecule has 8 nitrogen and oxygen atoms in total. The van der Waals surface area contributed by atoms with Crippen LogP contribution in [0.1, 0.15) is 19.7 Å². The predicted octanol–water partition coefficient (Wildman–Crippen LogP) is 2.11. The van der Waals surface area contributed by atoms with Crippen LogP contribution in [0.5, 0.6) is 0 Å². The first-order chi connectivity index (χ1) is 14.5. The van der Waals surface area contributed by atoms with Gasteiger partial charge in [0, 0.05) is 13.1 Å². The Kier molecular flexibility index (Phi) is 5.22. The average molecular weight is 405 g/mol. The van der Waals surface area contributed by atoms with E-state index in [1.54, 1.807) is 27.7 Å². The number of benzene rings is 2. The van der Waals surface area contributed by atoms with Gasteiger partial charge < -0.3 is 9.88 Å². The summed E-state index contributed by atoms with van der Waals surface area (Å²) >= 11 is 0. The van der Waals surface area contributed by atoms with Gasteiger partial charge in [0.05, 0.1) is 28.5 Å². The maximum Gasteiger partial charge on any atom is 0.329 e. The summed E-state index contributed by atoms with van der Waals surface area (Å²) in [7, 11) is 0. The first-order valence-electron chi connectivity index (χ1n) is 9.97. The van der Waals surface area contributed by atoms with Crippen LogP contribution in [0.3, 0.4) is 0 Å². The average Bonchev–Trinajstić information content (AvgIpc) is 3.02. The van der Waals surface area contributed by atoms with Gasteiger partial charge in [0.25, 0.3) is 5.56 Å². The summed E-state index contributed by atoms with van der Waals surface area (Å²) in [4.78, 5) is 47.0. The lowest BCUT2D eigenvalue weighted by atomic mass is 10.2. The summed E-state index contributed by atoms with van der Waals surface area (Å²) < 4.78 is 3.15. The summed E-state index contributed by atoms with van der Waals surface area (Å²) in [6.45, 7) is 4.81. The Labute approximate surface area is 172 Å². The molecule has 0 saturated heterocycles. The Hall–Kier alpha value is -3.68. The fourth-order valence-corrected chi connectivity index (χ4v) is 3.73. The highest BCUT2D eigenvalue weighted by atomic mass is 16.2. The molecule has 4 rings (SSSR count). The fraction of sp³-hybridized carbons (Fsp3) is 0.273. The number of hydrogen-bond acceptors (Lipinski definition) is 4. The second-order valence-electron chi connectivity index (χ2n) is 7.04. The van der Waals surface area contributed by atoms with Crippen LogP contribution in [-0.2, 0) is 24.4 Å². The molecule has 2 heterocycles. The molecule has 0 unspecified atom stereocenters. The van der Waals surface area contributed by atoms with Crippen LogP contribution in [0, 0.1) is 0 Å². The highest BCUT2D eigenvalue weighted by Gasteiger charge is 2.19. The molecule has 8 heteroatoms. The number of hydrogen-bond donors (Lipinski definition) is 1. The number of para-hydroxylation sites is 3. The molecule has 0 bridgehead atoms. The van der Waals surface area contributed by atoms with Gasteiger partial charge in [-0.25, -0.2) is 9.78 Å². The zero-order chi connectivity index (χ0) is 21.3. The number of amides is 1. The van der Waals surface area contributed by atoms with Crippen molar-refractivity contribution >= 4 is 27.8 Å². The molecular weight excluding hydrogens is 382 g/mol. The zero-order valence-electron chi connectivity index (χ0n) is 17.0. The lowest BCUT2D eigenvalue weighted by molar-refractivity contribution is -0.132. The third-order valence-electron chi connectivity index (χ3n) is 5.27. The van der Waals surface area contributed by atoms with Crippen molar-refractivity contribution in [3.63, 3.8) is 0 Å². The third-order valence-corrected chi connectivity index (χ3v) is 5.27. The SMILES string of the molecule is CCN(Cc1nc2ccccc2c(=O)[nH]1)C(=O)Cn1c(=O)n(CC)c2ccccc21. The van der Waals surface area contributed by atoms with Crippen LogP contribution in [0.15, 0.2) is 58.1 Å². The molecule has 2 aromatic carbocycles. The van der Waals surface area contributed by atoms with Crippen LogP contribution in [0.25, 0.3) is 21.9 Å². The van der Waals surface area contributed by atoms with E-state index in [1.807, 2.05) is 44.2 Å². The van der Waals surface area contributed by atoms with Gasteiger partial charge in [-0.2, -0.15) is 0 Å². The van der Waals surface area contributed by atoms with Gasteiger partial charge in [-0.3, -0.25) is 18.7 Å². The zero-order valence-corrected chi connectivity index (χ0v) is 17.0. The quantitative estimate of drug-likeness (QED) is 0.532. The van der Waals surface area contributed by atoms with Crippen molar-refractivity contribution in [1.82, 2.24) is 24.0 Å². The lowest BCUT2D eigenvalue weighted by Gasteiger charge is -2.20. The molecule has 0 aliphatic rings. The smallest absolute Gasteiger partial charge is 0.329 e. The Morgan fingerprint density at radius 1 is 1.00 bits per heavy atom. The molecule has 0 saturated carbocycles. The van der Waals surface area contributed by atoms with Crippen molar-refractivity contribution < 1.29 is 4.79 Å². The number of aromatic amines is 1. The van der Waals surface area contributed by atoms with Crippen LogP contribution < -0.4 is 11.2 Å². The molecule has 0 aliphatic heterocycles. The van der Waals surface area contributed by atoms with E-state index in [9.17, 15) is 14.4 Å². The Morgan fingerprint density at radius 3 is 2.37 bits per heavy atom. The maximum absolute atomic E-state index is 13.0. The first kappa shape index (κ1) is 19.6. The molecular formula is C22H23N5O3. The number of rotatable bonds is 6. The topological polar surface area (TPSA) is 93.0 Å². The van der Waals surface area contributed by atoms with Crippen molar-refractivity contribution in [1.29, 1.82) is 0 Å². The van der Waals surface area contributed by atoms with Gasteiger partial charge in [-0.1, -0.05) is 24.3 Å². The lowest BCUT2D eigenvalue weighted by Crippen LogP contribution is -2.37. The predicted molar refractivity (Wildman–Crippen MR) is 115 cm³/mol. The van der Waals surface area contributed by atoms with Crippen molar-refractivity contribution in [3.05, 3.63) is 75.2 Å². The van der Waals surface area contributed by atoms with Crippen LogP contribution >= 0.6 is 0 Å². The number of H-pyrrole nitrogens is 1. The van der Waals surface area contributed by atoms with Crippen molar-refractivity contribution in [2.75, 3.05) is 6.54 Å². The number of aryl methyl sites for hydroxylation is 1. The van der Waals surface area contributed by atoms with Crippen LogP contribution in [0.2, 0.25) is 0 Å². The van der Waals surface area contributed by atoms with Crippen LogP contribution in [0.4, 0.5) is 0 Å². The number of nitrogens with one attached hydrogen (secondary N) is 1. The monoisotopic (exact) mass is 405 g/mol. The van der Waals surface area contributed by atoms with E-state index < -0.39 is 0 Å². The van der Waals surface area contributed by atoms with Crippen LogP contribution in [-0.4, -0.2) is 36.5 Å². The Morgan fingerprint density at radius 2 is 1.67 bits per heavy atom. The second kappa shape index (κ2) is 7.98. The highest BCUT2D eigenvalue weighted by molar-refractivity contribution is 5.81. The van der Waals surface area contributed by atoms with Gasteiger partial charge in [-0.05, 0) is 38.1 Å². The van der Waals surface area contributed by atoms with Gasteiger partial charge in [-0.15, -0.1) is 0 Å². The van der Waals surface area contributed by atoms with Gasteiger partial charge >= 0.3 is 5.69 Å². The minimum absolute atomic E-state index is 0.0714. The Bertz CT molecular complexity index is 1350. The van der Waals surface area contributed by atoms with E-state index in [1.165, 1.54) is 4.57 Å². The van der Waals surface area contributed by atoms with E-state index in [4.69, 9.17) is 0 Å². The fourth-order valence-electron chi connectivity index (χ4n) is 3.73. The van der Waals surface area contributed by atoms with Crippen molar-refractivity contribution in [3.8, 4) is 0 Å². The molecule has 0 aliphatic carbocycles. The normalized spacial score (nSPS) is 11.3. The third kappa shape index (κ3) is 3.41. The molecule has 2 aromatic heterocycles. The van der Waals surface area contributed by atoms with Gasteiger partial charge in [0.1, 0.15) is 12.4 Å². The van der Waals surface area contributed by atoms with E-state index >= 15 is 0 Å². The number of fused-ring (bicyclic) bond motifs is 2. The van der Waals surface area contributed by atoms with Gasteiger partial charge in [0.15, 0.2) is 0 Å². The van der Waals surface area contributed by atoms with Crippen molar-refractivity contribution in [2.45, 2.75) is 33.5 Å². The number of carbonyl (C=O) groups is 1. The molecule has 0 radical (unpaired) electrons. The highest BCUT2D eigenvalue weighted by Crippen LogP contribution is 2.13. The maximum atomic E-state index is 13.0. The number of likely N-dealkylation sites (N-methyl/N-ethyl adjacent to an activating group) is 1. The molecule has 154 valence electrons. The molecule has 1 amide bonds. The molecule has 0 fully saturated rings. The molecule has 0 atom stereocenters. The van der Waals surface area contributed by atoms with Gasteiger partial charge in [0.2, 0.25) is 5.91 Å². The second-order valence-corrected chi connectivity index (χ2v) is 7.04. The summed E-state index contributed by atoms with van der Waals surface area (Å²) in [5, 5.41) is 0.509. The molecule has 4 aromatic rings. The number of nitrogens with zero attached hydrogens (tertiary/aromatic N) is 4. The standard InChI is InChI=1S/C22H23N5O3/c1-3-25(13-19-23-16-10-6-5-9-15(16)21(29)24-19)20(28)14-27-18-12-8-7-11-17(18)26(4-2)22(27)30/h5-12H,3-4,13-14H2,1-2H3,(H,23,24,29). The summed E-state index contributed by atoms with van der Waals surface area (Å²) in [5.74, 6) is 0.201. The van der Waals surface area contributed by atoms with E-state index in [2.05, 4.69) is 9.97 Å². The minimum atomic E-state index is -0.235.